The van der Waals surface area contributed by atoms with E-state index in [0.717, 1.165) is 28.1 Å². The van der Waals surface area contributed by atoms with Crippen LogP contribution in [0.4, 0.5) is 17.1 Å². The SMILES string of the molecule is O=[N+]([O-])c1ccc(N/N=C\c2cn(Cc3ccc(Cl)cc3Cl)c3ccccc23)c([N+](=O)[O-])c1. The van der Waals surface area contributed by atoms with E-state index in [2.05, 4.69) is 10.5 Å². The van der Waals surface area contributed by atoms with Gasteiger partial charge in [-0.25, -0.2) is 0 Å². The van der Waals surface area contributed by atoms with Gasteiger partial charge >= 0.3 is 5.69 Å². The predicted molar refractivity (Wildman–Crippen MR) is 128 cm³/mol. The number of nitro benzene ring substituents is 2. The van der Waals surface area contributed by atoms with Crippen LogP contribution in [-0.2, 0) is 6.54 Å². The van der Waals surface area contributed by atoms with Crippen molar-refractivity contribution in [1.29, 1.82) is 0 Å². The van der Waals surface area contributed by atoms with E-state index in [-0.39, 0.29) is 11.4 Å². The minimum atomic E-state index is -0.702. The number of nitro groups is 2. The highest BCUT2D eigenvalue weighted by Gasteiger charge is 2.19. The fraction of sp³-hybridized carbons (Fsp3) is 0.0455. The van der Waals surface area contributed by atoms with Gasteiger partial charge in [-0.05, 0) is 29.8 Å². The number of anilines is 1. The largest absolute Gasteiger partial charge is 0.342 e. The molecule has 0 fully saturated rings. The molecule has 0 bridgehead atoms. The second-order valence-corrected chi connectivity index (χ2v) is 7.89. The average molecular weight is 484 g/mol. The Morgan fingerprint density at radius 1 is 1.00 bits per heavy atom. The highest BCUT2D eigenvalue weighted by Crippen LogP contribution is 2.29. The molecule has 0 amide bonds. The quantitative estimate of drug-likeness (QED) is 0.189. The number of nitrogens with one attached hydrogen (secondary N) is 1. The number of nitrogens with zero attached hydrogens (tertiary/aromatic N) is 4. The minimum absolute atomic E-state index is 0.0403. The van der Waals surface area contributed by atoms with Crippen molar-refractivity contribution in [2.45, 2.75) is 6.54 Å². The second-order valence-electron chi connectivity index (χ2n) is 7.05. The molecule has 33 heavy (non-hydrogen) atoms. The van der Waals surface area contributed by atoms with Crippen LogP contribution in [0.2, 0.25) is 10.0 Å². The molecular weight excluding hydrogens is 469 g/mol. The molecule has 0 saturated heterocycles. The van der Waals surface area contributed by atoms with E-state index in [1.807, 2.05) is 41.1 Å². The molecule has 3 aromatic carbocycles. The Kier molecular flexibility index (Phi) is 6.25. The van der Waals surface area contributed by atoms with Crippen LogP contribution in [0.25, 0.3) is 10.9 Å². The molecule has 0 aliphatic rings. The molecule has 4 rings (SSSR count). The number of fused-ring (bicyclic) bond motifs is 1. The van der Waals surface area contributed by atoms with E-state index >= 15 is 0 Å². The number of non-ortho nitro benzene ring substituents is 1. The molecule has 1 N–H and O–H groups in total. The summed E-state index contributed by atoms with van der Waals surface area (Å²) in [7, 11) is 0. The number of hydrogen-bond acceptors (Lipinski definition) is 6. The van der Waals surface area contributed by atoms with Gasteiger partial charge in [0.15, 0.2) is 0 Å². The normalized spacial score (nSPS) is 11.2. The maximum Gasteiger partial charge on any atom is 0.301 e. The molecule has 0 spiro atoms. The fourth-order valence-corrected chi connectivity index (χ4v) is 3.86. The van der Waals surface area contributed by atoms with Gasteiger partial charge in [-0.3, -0.25) is 25.7 Å². The van der Waals surface area contributed by atoms with E-state index in [0.29, 0.717) is 16.6 Å². The summed E-state index contributed by atoms with van der Waals surface area (Å²) in [6.07, 6.45) is 3.43. The maximum absolute atomic E-state index is 11.3. The third kappa shape index (κ3) is 4.79. The smallest absolute Gasteiger partial charge is 0.301 e. The molecule has 9 nitrogen and oxygen atoms in total. The lowest BCUT2D eigenvalue weighted by Gasteiger charge is -2.08. The van der Waals surface area contributed by atoms with Crippen molar-refractivity contribution < 1.29 is 9.85 Å². The lowest BCUT2D eigenvalue weighted by atomic mass is 10.2. The predicted octanol–water partition coefficient (Wildman–Crippen LogP) is 6.26. The monoisotopic (exact) mass is 483 g/mol. The summed E-state index contributed by atoms with van der Waals surface area (Å²) in [5, 5.41) is 28.4. The Morgan fingerprint density at radius 3 is 2.52 bits per heavy atom. The Balaban J connectivity index is 1.63. The Labute approximate surface area is 197 Å². The van der Waals surface area contributed by atoms with Gasteiger partial charge in [0.1, 0.15) is 5.69 Å². The van der Waals surface area contributed by atoms with Crippen molar-refractivity contribution in [1.82, 2.24) is 4.57 Å². The third-order valence-electron chi connectivity index (χ3n) is 4.95. The Hall–Kier alpha value is -3.95. The van der Waals surface area contributed by atoms with Crippen molar-refractivity contribution in [2.24, 2.45) is 5.10 Å². The highest BCUT2D eigenvalue weighted by atomic mass is 35.5. The van der Waals surface area contributed by atoms with Gasteiger partial charge in [-0.1, -0.05) is 47.5 Å². The van der Waals surface area contributed by atoms with Crippen molar-refractivity contribution in [3.8, 4) is 0 Å². The van der Waals surface area contributed by atoms with Crippen LogP contribution >= 0.6 is 23.2 Å². The zero-order chi connectivity index (χ0) is 23.5. The number of aromatic nitrogens is 1. The Morgan fingerprint density at radius 2 is 1.79 bits per heavy atom. The number of hydrazone groups is 1. The van der Waals surface area contributed by atoms with E-state index in [1.54, 1.807) is 12.1 Å². The number of para-hydroxylation sites is 1. The van der Waals surface area contributed by atoms with Crippen LogP contribution < -0.4 is 5.43 Å². The van der Waals surface area contributed by atoms with Crippen molar-refractivity contribution in [2.75, 3.05) is 5.43 Å². The molecule has 0 saturated carbocycles. The second kappa shape index (κ2) is 9.27. The zero-order valence-electron chi connectivity index (χ0n) is 16.8. The molecule has 1 aromatic heterocycles. The van der Waals surface area contributed by atoms with Gasteiger partial charge in [0.05, 0.1) is 22.1 Å². The molecule has 11 heteroatoms. The lowest BCUT2D eigenvalue weighted by molar-refractivity contribution is -0.393. The number of halogens is 2. The summed E-state index contributed by atoms with van der Waals surface area (Å²) in [5.41, 5.74) is 4.45. The standard InChI is InChI=1S/C22H15Cl2N5O4/c23-16-6-5-14(19(24)9-16)12-27-13-15(18-3-1-2-4-21(18)27)11-25-26-20-8-7-17(28(30)31)10-22(20)29(32)33/h1-11,13,26H,12H2/b25-11-. The number of hydrogen-bond donors (Lipinski definition) is 1. The molecule has 0 aliphatic carbocycles. The molecule has 1 heterocycles. The summed E-state index contributed by atoms with van der Waals surface area (Å²) in [5.74, 6) is 0. The summed E-state index contributed by atoms with van der Waals surface area (Å²) in [6.45, 7) is 0.506. The van der Waals surface area contributed by atoms with Crippen LogP contribution in [0.1, 0.15) is 11.1 Å². The first-order valence-corrected chi connectivity index (χ1v) is 10.3. The van der Waals surface area contributed by atoms with Gasteiger partial charge < -0.3 is 4.57 Å². The van der Waals surface area contributed by atoms with Crippen LogP contribution in [0.15, 0.2) is 72.0 Å². The first kappa shape index (κ1) is 22.3. The topological polar surface area (TPSA) is 116 Å². The van der Waals surface area contributed by atoms with Crippen LogP contribution in [0, 0.1) is 20.2 Å². The maximum atomic E-state index is 11.3. The zero-order valence-corrected chi connectivity index (χ0v) is 18.3. The Bertz CT molecular complexity index is 1420. The first-order valence-electron chi connectivity index (χ1n) is 9.57. The molecule has 4 aromatic rings. The third-order valence-corrected chi connectivity index (χ3v) is 5.54. The van der Waals surface area contributed by atoms with E-state index < -0.39 is 15.5 Å². The molecule has 0 radical (unpaired) electrons. The van der Waals surface area contributed by atoms with Gasteiger partial charge in [0.2, 0.25) is 0 Å². The molecule has 0 atom stereocenters. The molecular formula is C22H15Cl2N5O4. The van der Waals surface area contributed by atoms with E-state index in [1.165, 1.54) is 18.3 Å². The first-order chi connectivity index (χ1) is 15.8. The van der Waals surface area contributed by atoms with Crippen LogP contribution in [0.3, 0.4) is 0 Å². The summed E-state index contributed by atoms with van der Waals surface area (Å²) in [4.78, 5) is 20.8. The molecule has 0 unspecified atom stereocenters. The average Bonchev–Trinajstić information content (AvgIpc) is 3.13. The lowest BCUT2D eigenvalue weighted by Crippen LogP contribution is -1.99. The summed E-state index contributed by atoms with van der Waals surface area (Å²) >= 11 is 12.3. The molecule has 0 aliphatic heterocycles. The van der Waals surface area contributed by atoms with Crippen LogP contribution in [-0.4, -0.2) is 20.6 Å². The van der Waals surface area contributed by atoms with Crippen molar-refractivity contribution in [3.05, 3.63) is 108 Å². The van der Waals surface area contributed by atoms with Gasteiger partial charge in [0, 0.05) is 45.3 Å². The summed E-state index contributed by atoms with van der Waals surface area (Å²) in [6, 6.07) is 16.4. The number of rotatable bonds is 7. The molecule has 166 valence electrons. The minimum Gasteiger partial charge on any atom is -0.342 e. The van der Waals surface area contributed by atoms with Crippen molar-refractivity contribution >= 4 is 57.4 Å². The van der Waals surface area contributed by atoms with Gasteiger partial charge in [0.25, 0.3) is 5.69 Å². The van der Waals surface area contributed by atoms with E-state index in [9.17, 15) is 20.2 Å². The van der Waals surface area contributed by atoms with Gasteiger partial charge in [-0.15, -0.1) is 0 Å². The highest BCUT2D eigenvalue weighted by molar-refractivity contribution is 6.35. The van der Waals surface area contributed by atoms with Crippen molar-refractivity contribution in [3.63, 3.8) is 0 Å². The van der Waals surface area contributed by atoms with E-state index in [4.69, 9.17) is 23.2 Å². The number of benzene rings is 3. The summed E-state index contributed by atoms with van der Waals surface area (Å²) < 4.78 is 2.01. The van der Waals surface area contributed by atoms with Crippen LogP contribution in [0.5, 0.6) is 0 Å². The fourth-order valence-electron chi connectivity index (χ4n) is 3.39. The van der Waals surface area contributed by atoms with Gasteiger partial charge in [-0.2, -0.15) is 5.10 Å².